The van der Waals surface area contributed by atoms with E-state index < -0.39 is 0 Å². The first-order valence-electron chi connectivity index (χ1n) is 5.44. The van der Waals surface area contributed by atoms with E-state index in [-0.39, 0.29) is 17.0 Å². The number of pyridine rings is 1. The molecule has 0 aliphatic heterocycles. The summed E-state index contributed by atoms with van der Waals surface area (Å²) >= 11 is 5.94. The molecule has 0 spiro atoms. The summed E-state index contributed by atoms with van der Waals surface area (Å²) in [6.07, 6.45) is 3.93. The maximum absolute atomic E-state index is 5.94. The van der Waals surface area contributed by atoms with Gasteiger partial charge < -0.3 is 21.4 Å². The highest BCUT2D eigenvalue weighted by Crippen LogP contribution is 2.21. The lowest BCUT2D eigenvalue weighted by Crippen LogP contribution is -3.00. The molecule has 2 heterocycles. The van der Waals surface area contributed by atoms with Gasteiger partial charge in [0, 0.05) is 29.0 Å². The maximum Gasteiger partial charge on any atom is 0.138 e. The van der Waals surface area contributed by atoms with Gasteiger partial charge in [-0.15, -0.1) is 0 Å². The molecule has 0 bridgehead atoms. The number of aryl methyl sites for hydroxylation is 1. The summed E-state index contributed by atoms with van der Waals surface area (Å²) in [5.41, 5.74) is 4.20. The second-order valence-electron chi connectivity index (χ2n) is 4.10. The van der Waals surface area contributed by atoms with Crippen molar-refractivity contribution in [3.63, 3.8) is 0 Å². The van der Waals surface area contributed by atoms with Gasteiger partial charge in [0.05, 0.1) is 5.69 Å². The Balaban J connectivity index is 0.00000120. The van der Waals surface area contributed by atoms with Crippen molar-refractivity contribution in [3.8, 4) is 11.3 Å². The summed E-state index contributed by atoms with van der Waals surface area (Å²) in [6, 6.07) is 12.1. The zero-order valence-corrected chi connectivity index (χ0v) is 12.1. The summed E-state index contributed by atoms with van der Waals surface area (Å²) in [4.78, 5) is 4.55. The van der Waals surface area contributed by atoms with E-state index in [0.29, 0.717) is 5.02 Å². The van der Waals surface area contributed by atoms with E-state index in [2.05, 4.69) is 36.2 Å². The van der Waals surface area contributed by atoms with E-state index in [1.165, 1.54) is 5.56 Å². The van der Waals surface area contributed by atoms with Gasteiger partial charge in [-0.25, -0.2) is 4.98 Å². The molecule has 0 aliphatic rings. The molecule has 0 atom stereocenters. The van der Waals surface area contributed by atoms with Crippen molar-refractivity contribution in [2.45, 2.75) is 6.92 Å². The highest BCUT2D eigenvalue weighted by molar-refractivity contribution is 6.30. The molecular formula is C14H11BrClN2-. The van der Waals surface area contributed by atoms with Crippen LogP contribution in [0.1, 0.15) is 5.56 Å². The van der Waals surface area contributed by atoms with Crippen LogP contribution in [0.5, 0.6) is 0 Å². The number of imidazole rings is 1. The minimum atomic E-state index is 0. The molecule has 2 nitrogen and oxygen atoms in total. The fraction of sp³-hybridized carbons (Fsp3) is 0.0714. The Morgan fingerprint density at radius 2 is 1.83 bits per heavy atom. The molecule has 3 rings (SSSR count). The third-order valence-corrected chi connectivity index (χ3v) is 3.00. The van der Waals surface area contributed by atoms with E-state index in [4.69, 9.17) is 11.6 Å². The molecule has 18 heavy (non-hydrogen) atoms. The normalized spacial score (nSPS) is 10.3. The van der Waals surface area contributed by atoms with E-state index in [1.807, 2.05) is 28.9 Å². The quantitative estimate of drug-likeness (QED) is 0.652. The van der Waals surface area contributed by atoms with Crippen LogP contribution in [0.25, 0.3) is 16.9 Å². The van der Waals surface area contributed by atoms with Gasteiger partial charge in [-0.1, -0.05) is 41.4 Å². The van der Waals surface area contributed by atoms with Gasteiger partial charge in [-0.2, -0.15) is 0 Å². The Hall–Kier alpha value is -1.32. The first-order valence-corrected chi connectivity index (χ1v) is 5.81. The highest BCUT2D eigenvalue weighted by Gasteiger charge is 2.04. The van der Waals surface area contributed by atoms with Crippen molar-refractivity contribution in [2.75, 3.05) is 0 Å². The van der Waals surface area contributed by atoms with Crippen molar-refractivity contribution in [1.82, 2.24) is 9.38 Å². The number of rotatable bonds is 1. The van der Waals surface area contributed by atoms with E-state index in [1.54, 1.807) is 0 Å². The summed E-state index contributed by atoms with van der Waals surface area (Å²) in [5.74, 6) is 0. The molecule has 0 unspecified atom stereocenters. The zero-order valence-electron chi connectivity index (χ0n) is 9.77. The van der Waals surface area contributed by atoms with Crippen molar-refractivity contribution < 1.29 is 17.0 Å². The highest BCUT2D eigenvalue weighted by atomic mass is 79.9. The zero-order chi connectivity index (χ0) is 11.8. The fourth-order valence-electron chi connectivity index (χ4n) is 1.82. The summed E-state index contributed by atoms with van der Waals surface area (Å²) in [7, 11) is 0. The van der Waals surface area contributed by atoms with Crippen molar-refractivity contribution in [1.29, 1.82) is 0 Å². The van der Waals surface area contributed by atoms with Crippen LogP contribution < -0.4 is 17.0 Å². The standard InChI is InChI=1S/C14H11ClN2.BrH/c1-10-2-4-11(5-3-10)13-9-17-7-6-12(15)8-14(17)16-13;/h2-9H,1H3;1H/p-1. The minimum Gasteiger partial charge on any atom is -1.00 e. The van der Waals surface area contributed by atoms with Gasteiger partial charge >= 0.3 is 0 Å². The minimum absolute atomic E-state index is 0. The molecule has 0 aliphatic carbocycles. The Labute approximate surface area is 121 Å². The van der Waals surface area contributed by atoms with Gasteiger partial charge in [-0.05, 0) is 13.0 Å². The molecule has 0 radical (unpaired) electrons. The Bertz CT molecular complexity index is 674. The average molecular weight is 323 g/mol. The fourth-order valence-corrected chi connectivity index (χ4v) is 1.97. The molecule has 0 saturated heterocycles. The van der Waals surface area contributed by atoms with Crippen LogP contribution in [-0.2, 0) is 0 Å². The van der Waals surface area contributed by atoms with Crippen LogP contribution in [0, 0.1) is 6.92 Å². The third kappa shape index (κ3) is 2.42. The molecule has 4 heteroatoms. The molecule has 92 valence electrons. The predicted molar refractivity (Wildman–Crippen MR) is 70.4 cm³/mol. The van der Waals surface area contributed by atoms with Gasteiger partial charge in [0.25, 0.3) is 0 Å². The van der Waals surface area contributed by atoms with Crippen LogP contribution in [0.2, 0.25) is 5.02 Å². The Morgan fingerprint density at radius 1 is 1.11 bits per heavy atom. The number of hydrogen-bond acceptors (Lipinski definition) is 1. The number of aromatic nitrogens is 2. The van der Waals surface area contributed by atoms with Crippen molar-refractivity contribution in [2.24, 2.45) is 0 Å². The summed E-state index contributed by atoms with van der Waals surface area (Å²) in [6.45, 7) is 2.08. The Kier molecular flexibility index (Phi) is 3.73. The maximum atomic E-state index is 5.94. The first kappa shape index (κ1) is 13.1. The molecule has 0 fully saturated rings. The predicted octanol–water partition coefficient (Wildman–Crippen LogP) is 0.967. The lowest BCUT2D eigenvalue weighted by atomic mass is 10.1. The van der Waals surface area contributed by atoms with Crippen molar-refractivity contribution in [3.05, 3.63) is 59.4 Å². The Morgan fingerprint density at radius 3 is 2.56 bits per heavy atom. The van der Waals surface area contributed by atoms with Crippen LogP contribution >= 0.6 is 11.6 Å². The van der Waals surface area contributed by atoms with E-state index >= 15 is 0 Å². The molecule has 3 aromatic rings. The summed E-state index contributed by atoms with van der Waals surface area (Å²) in [5, 5.41) is 0.707. The number of benzene rings is 1. The third-order valence-electron chi connectivity index (χ3n) is 2.77. The second kappa shape index (κ2) is 5.12. The lowest BCUT2D eigenvalue weighted by molar-refractivity contribution is -0.00000343. The van der Waals surface area contributed by atoms with Crippen LogP contribution in [0.4, 0.5) is 0 Å². The van der Waals surface area contributed by atoms with Gasteiger partial charge in [0.1, 0.15) is 5.65 Å². The molecule has 0 amide bonds. The van der Waals surface area contributed by atoms with Crippen LogP contribution in [0.3, 0.4) is 0 Å². The second-order valence-corrected chi connectivity index (χ2v) is 4.54. The van der Waals surface area contributed by atoms with Gasteiger partial charge in [0.2, 0.25) is 0 Å². The average Bonchev–Trinajstić information content (AvgIpc) is 2.72. The monoisotopic (exact) mass is 321 g/mol. The smallest absolute Gasteiger partial charge is 0.138 e. The van der Waals surface area contributed by atoms with E-state index in [9.17, 15) is 0 Å². The SMILES string of the molecule is Cc1ccc(-c2cn3ccc(Cl)cc3n2)cc1.[Br-]. The van der Waals surface area contributed by atoms with Crippen LogP contribution in [-0.4, -0.2) is 9.38 Å². The molecular weight excluding hydrogens is 312 g/mol. The molecule has 1 aromatic carbocycles. The number of fused-ring (bicyclic) bond motifs is 1. The lowest BCUT2D eigenvalue weighted by Gasteiger charge is -1.96. The molecule has 2 aromatic heterocycles. The van der Waals surface area contributed by atoms with E-state index in [0.717, 1.165) is 16.9 Å². The van der Waals surface area contributed by atoms with Crippen LogP contribution in [0.15, 0.2) is 48.8 Å². The number of halogens is 2. The molecule has 0 N–H and O–H groups in total. The topological polar surface area (TPSA) is 17.3 Å². The largest absolute Gasteiger partial charge is 1.00 e. The van der Waals surface area contributed by atoms with Crippen molar-refractivity contribution >= 4 is 17.2 Å². The number of hydrogen-bond donors (Lipinski definition) is 0. The number of nitrogens with zero attached hydrogens (tertiary/aromatic N) is 2. The molecule has 0 saturated carbocycles. The van der Waals surface area contributed by atoms with Gasteiger partial charge in [-0.3, -0.25) is 0 Å². The first-order chi connectivity index (χ1) is 8.22. The van der Waals surface area contributed by atoms with Gasteiger partial charge in [0.15, 0.2) is 0 Å². The summed E-state index contributed by atoms with van der Waals surface area (Å²) < 4.78 is 1.97.